The third-order valence-electron chi connectivity index (χ3n) is 8.51. The van der Waals surface area contributed by atoms with Crippen LogP contribution in [0.1, 0.15) is 174 Å². The van der Waals surface area contributed by atoms with Crippen molar-refractivity contribution in [3.63, 3.8) is 0 Å². The molecule has 0 aliphatic carbocycles. The maximum absolute atomic E-state index is 12.4. The molecule has 0 amide bonds. The average Bonchev–Trinajstić information content (AvgIpc) is 3.10. The summed E-state index contributed by atoms with van der Waals surface area (Å²) in [5.41, 5.74) is 0. The molecule has 0 saturated heterocycles. The fourth-order valence-corrected chi connectivity index (χ4v) is 5.71. The van der Waals surface area contributed by atoms with Gasteiger partial charge in [-0.2, -0.15) is 0 Å². The Hall–Kier alpha value is -2.03. The number of aliphatic hydroxyl groups is 1. The molecular formula is C41H73O9P. The van der Waals surface area contributed by atoms with Crippen LogP contribution in [0.25, 0.3) is 0 Å². The van der Waals surface area contributed by atoms with E-state index in [0.29, 0.717) is 19.3 Å². The van der Waals surface area contributed by atoms with E-state index in [2.05, 4.69) is 47.9 Å². The smallest absolute Gasteiger partial charge is 0.462 e. The Labute approximate surface area is 310 Å². The Bertz CT molecular complexity index is 986. The van der Waals surface area contributed by atoms with Crippen LogP contribution in [0.4, 0.5) is 0 Å². The molecule has 0 rings (SSSR count). The molecule has 0 bridgehead atoms. The van der Waals surface area contributed by atoms with Crippen molar-refractivity contribution in [2.45, 2.75) is 187 Å². The van der Waals surface area contributed by atoms with Crippen LogP contribution >= 0.6 is 7.82 Å². The Morgan fingerprint density at radius 3 is 1.53 bits per heavy atom. The number of carbonyl (C=O) groups is 2. The molecule has 0 aromatic heterocycles. The number of phosphoric ester groups is 1. The van der Waals surface area contributed by atoms with Crippen molar-refractivity contribution in [3.8, 4) is 0 Å². The highest BCUT2D eigenvalue weighted by molar-refractivity contribution is 7.46. The zero-order valence-corrected chi connectivity index (χ0v) is 33.0. The Morgan fingerprint density at radius 1 is 0.588 bits per heavy atom. The summed E-state index contributed by atoms with van der Waals surface area (Å²) in [4.78, 5) is 42.7. The minimum absolute atomic E-state index is 0.123. The monoisotopic (exact) mass is 740 g/mol. The van der Waals surface area contributed by atoms with E-state index in [9.17, 15) is 19.3 Å². The fourth-order valence-electron chi connectivity index (χ4n) is 5.35. The molecule has 9 nitrogen and oxygen atoms in total. The highest BCUT2D eigenvalue weighted by atomic mass is 31.2. The van der Waals surface area contributed by atoms with Crippen LogP contribution in [0.15, 0.2) is 48.6 Å². The predicted molar refractivity (Wildman–Crippen MR) is 208 cm³/mol. The Kier molecular flexibility index (Phi) is 34.9. The molecule has 0 saturated carbocycles. The second kappa shape index (κ2) is 36.3. The van der Waals surface area contributed by atoms with Crippen LogP contribution < -0.4 is 0 Å². The summed E-state index contributed by atoms with van der Waals surface area (Å²) in [6.07, 6.45) is 40.6. The molecule has 296 valence electrons. The van der Waals surface area contributed by atoms with Crippen LogP contribution in [-0.2, 0) is 28.2 Å². The van der Waals surface area contributed by atoms with Crippen LogP contribution in [0.3, 0.4) is 0 Å². The summed E-state index contributed by atoms with van der Waals surface area (Å²) in [6.45, 7) is 3.36. The first-order valence-electron chi connectivity index (χ1n) is 20.0. The molecule has 0 heterocycles. The molecule has 0 aliphatic heterocycles. The highest BCUT2D eigenvalue weighted by Gasteiger charge is 2.22. The largest absolute Gasteiger partial charge is 0.469 e. The van der Waals surface area contributed by atoms with Crippen molar-refractivity contribution in [2.24, 2.45) is 0 Å². The number of carbonyl (C=O) groups excluding carboxylic acids is 2. The normalized spacial score (nSPS) is 13.6. The second-order valence-electron chi connectivity index (χ2n) is 13.4. The molecule has 0 aromatic rings. The molecule has 2 atom stereocenters. The van der Waals surface area contributed by atoms with Gasteiger partial charge in [0.1, 0.15) is 6.61 Å². The first kappa shape index (κ1) is 49.0. The third-order valence-corrected chi connectivity index (χ3v) is 9.00. The molecule has 0 unspecified atom stereocenters. The molecular weight excluding hydrogens is 667 g/mol. The van der Waals surface area contributed by atoms with Crippen molar-refractivity contribution in [2.75, 3.05) is 13.2 Å². The summed E-state index contributed by atoms with van der Waals surface area (Å²) >= 11 is 0. The minimum Gasteiger partial charge on any atom is -0.462 e. The van der Waals surface area contributed by atoms with Crippen LogP contribution in [0.5, 0.6) is 0 Å². The van der Waals surface area contributed by atoms with E-state index in [0.717, 1.165) is 51.4 Å². The number of unbranched alkanes of at least 4 members (excludes halogenated alkanes) is 15. The lowest BCUT2D eigenvalue weighted by Gasteiger charge is -2.18. The molecule has 0 spiro atoms. The summed E-state index contributed by atoms with van der Waals surface area (Å²) in [6, 6.07) is 0. The number of rotatable bonds is 36. The standard InChI is InChI=1S/C41H73O9P/c1-3-5-6-7-8-9-10-11-12-16-19-22-25-28-31-34-40(43)48-36-39(37-49-51(45,46)47)50-41(44)35-32-29-26-23-20-17-14-13-15-18-21-24-27-30-33-38(42)4-2/h14-15,17-18,23-24,26-27,38-39,42H,3-13,16,19-22,25,28-37H2,1-2H3,(H2,45,46,47)/b17-14-,18-15-,26-23-,27-24-/t38-,39-/m1/s1. The number of ether oxygens (including phenoxy) is 2. The van der Waals surface area contributed by atoms with Gasteiger partial charge >= 0.3 is 19.8 Å². The van der Waals surface area contributed by atoms with Gasteiger partial charge in [0.05, 0.1) is 12.7 Å². The maximum atomic E-state index is 12.4. The van der Waals surface area contributed by atoms with Crippen molar-refractivity contribution < 1.29 is 43.0 Å². The van der Waals surface area contributed by atoms with Crippen molar-refractivity contribution >= 4 is 19.8 Å². The SMILES string of the molecule is CCCCCCCCCCCCCCCCCC(=O)OC[C@H](COP(=O)(O)O)OC(=O)CCC/C=C\C/C=C\C/C=C\C/C=C\CC[C@H](O)CC. The van der Waals surface area contributed by atoms with E-state index in [1.807, 2.05) is 19.1 Å². The van der Waals surface area contributed by atoms with Crippen LogP contribution in [0, 0.1) is 0 Å². The zero-order valence-electron chi connectivity index (χ0n) is 32.1. The van der Waals surface area contributed by atoms with Crippen LogP contribution in [-0.4, -0.2) is 52.3 Å². The van der Waals surface area contributed by atoms with Gasteiger partial charge in [-0.3, -0.25) is 14.1 Å². The van der Waals surface area contributed by atoms with Gasteiger partial charge in [0, 0.05) is 12.8 Å². The Morgan fingerprint density at radius 2 is 1.04 bits per heavy atom. The van der Waals surface area contributed by atoms with E-state index in [1.54, 1.807) is 0 Å². The Balaban J connectivity index is 4.05. The van der Waals surface area contributed by atoms with Gasteiger partial charge in [0.25, 0.3) is 0 Å². The quantitative estimate of drug-likeness (QED) is 0.0248. The van der Waals surface area contributed by atoms with Crippen molar-refractivity contribution in [1.29, 1.82) is 0 Å². The molecule has 0 radical (unpaired) electrons. The van der Waals surface area contributed by atoms with E-state index < -0.39 is 32.5 Å². The van der Waals surface area contributed by atoms with Gasteiger partial charge in [-0.25, -0.2) is 4.57 Å². The highest BCUT2D eigenvalue weighted by Crippen LogP contribution is 2.36. The third kappa shape index (κ3) is 39.0. The van der Waals surface area contributed by atoms with E-state index >= 15 is 0 Å². The minimum atomic E-state index is -4.77. The first-order chi connectivity index (χ1) is 24.7. The van der Waals surface area contributed by atoms with Gasteiger partial charge in [-0.1, -0.05) is 152 Å². The van der Waals surface area contributed by atoms with E-state index in [1.165, 1.54) is 77.0 Å². The molecule has 0 aromatic carbocycles. The zero-order chi connectivity index (χ0) is 37.7. The summed E-state index contributed by atoms with van der Waals surface area (Å²) in [7, 11) is -4.77. The van der Waals surface area contributed by atoms with Gasteiger partial charge in [-0.15, -0.1) is 0 Å². The number of esters is 2. The lowest BCUT2D eigenvalue weighted by molar-refractivity contribution is -0.161. The summed E-state index contributed by atoms with van der Waals surface area (Å²) in [5.74, 6) is -0.967. The fraction of sp³-hybridized carbons (Fsp3) is 0.756. The number of allylic oxidation sites excluding steroid dienone is 8. The van der Waals surface area contributed by atoms with E-state index in [-0.39, 0.29) is 25.6 Å². The number of phosphoric acid groups is 1. The number of hydrogen-bond donors (Lipinski definition) is 3. The van der Waals surface area contributed by atoms with Gasteiger partial charge < -0.3 is 24.4 Å². The molecule has 0 fully saturated rings. The lowest BCUT2D eigenvalue weighted by Crippen LogP contribution is -2.29. The van der Waals surface area contributed by atoms with Gasteiger partial charge in [-0.05, 0) is 57.8 Å². The summed E-state index contributed by atoms with van der Waals surface area (Å²) in [5, 5.41) is 9.53. The molecule has 3 N–H and O–H groups in total. The van der Waals surface area contributed by atoms with Crippen molar-refractivity contribution in [1.82, 2.24) is 0 Å². The van der Waals surface area contributed by atoms with E-state index in [4.69, 9.17) is 19.3 Å². The molecule has 0 aliphatic rings. The lowest BCUT2D eigenvalue weighted by atomic mass is 10.0. The predicted octanol–water partition coefficient (Wildman–Crippen LogP) is 10.9. The topological polar surface area (TPSA) is 140 Å². The number of hydrogen-bond acceptors (Lipinski definition) is 7. The summed E-state index contributed by atoms with van der Waals surface area (Å²) < 4.78 is 26.3. The molecule has 10 heteroatoms. The van der Waals surface area contributed by atoms with Gasteiger partial charge in [0.2, 0.25) is 0 Å². The second-order valence-corrected chi connectivity index (χ2v) is 14.6. The maximum Gasteiger partial charge on any atom is 0.469 e. The first-order valence-corrected chi connectivity index (χ1v) is 21.5. The van der Waals surface area contributed by atoms with Crippen LogP contribution in [0.2, 0.25) is 0 Å². The number of aliphatic hydroxyl groups excluding tert-OH is 1. The van der Waals surface area contributed by atoms with Gasteiger partial charge in [0.15, 0.2) is 6.10 Å². The van der Waals surface area contributed by atoms with Crippen molar-refractivity contribution in [3.05, 3.63) is 48.6 Å². The molecule has 51 heavy (non-hydrogen) atoms. The average molecular weight is 741 g/mol.